The highest BCUT2D eigenvalue weighted by Gasteiger charge is 2.30. The lowest BCUT2D eigenvalue weighted by Crippen LogP contribution is -2.10. The van der Waals surface area contributed by atoms with Crippen LogP contribution in [0, 0.1) is 0 Å². The van der Waals surface area contributed by atoms with E-state index in [1.54, 1.807) is 0 Å². The molecule has 0 amide bonds. The molecule has 1 heteroatoms. The standard InChI is InChI=1S/C63H41N/c1-7-21-41(22-8-1)55(42-23-9-2-10-24-42)48-37-38-52-58-47(48)33-19-35-50(58)60-56(43-25-11-3-12-26-43)61-51-36-20-34-49-54(64(45-29-15-5-16-30-45)46-31-17-6-18-32-46)40-39-53(59(49)51)63(61)57(62(52)60)44-27-13-4-14-28-44/h1-40,55H. The van der Waals surface area contributed by atoms with E-state index < -0.39 is 0 Å². The quantitative estimate of drug-likeness (QED) is 0.138. The van der Waals surface area contributed by atoms with Crippen molar-refractivity contribution in [3.05, 3.63) is 259 Å². The molecule has 0 heterocycles. The Balaban J connectivity index is 1.21. The zero-order chi connectivity index (χ0) is 42.1. The van der Waals surface area contributed by atoms with Crippen molar-refractivity contribution in [3.8, 4) is 22.3 Å². The summed E-state index contributed by atoms with van der Waals surface area (Å²) in [6, 6.07) is 89.6. The van der Waals surface area contributed by atoms with E-state index >= 15 is 0 Å². The van der Waals surface area contributed by atoms with E-state index in [9.17, 15) is 0 Å². The third-order valence-electron chi connectivity index (χ3n) is 13.6. The lowest BCUT2D eigenvalue weighted by atomic mass is 9.82. The molecule has 0 saturated heterocycles. The molecule has 0 aromatic heterocycles. The lowest BCUT2D eigenvalue weighted by Gasteiger charge is -2.27. The summed E-state index contributed by atoms with van der Waals surface area (Å²) in [4.78, 5) is 2.41. The molecule has 0 bridgehead atoms. The number of rotatable bonds is 8. The Morgan fingerprint density at radius 1 is 0.250 bits per heavy atom. The highest BCUT2D eigenvalue weighted by molar-refractivity contribution is 6.47. The van der Waals surface area contributed by atoms with Gasteiger partial charge in [0, 0.05) is 22.7 Å². The molecule has 298 valence electrons. The summed E-state index contributed by atoms with van der Waals surface area (Å²) in [6.07, 6.45) is 0. The van der Waals surface area contributed by atoms with Gasteiger partial charge in [0.15, 0.2) is 0 Å². The summed E-state index contributed by atoms with van der Waals surface area (Å²) in [6.45, 7) is 0. The molecule has 0 aliphatic carbocycles. The predicted octanol–water partition coefficient (Wildman–Crippen LogP) is 17.5. The summed E-state index contributed by atoms with van der Waals surface area (Å²) in [5.41, 5.74) is 12.4. The number of anilines is 3. The van der Waals surface area contributed by atoms with Crippen LogP contribution >= 0.6 is 0 Å². The molecule has 13 aromatic rings. The summed E-state index contributed by atoms with van der Waals surface area (Å²) >= 11 is 0. The summed E-state index contributed by atoms with van der Waals surface area (Å²) in [7, 11) is 0. The Morgan fingerprint density at radius 3 is 1.08 bits per heavy atom. The van der Waals surface area contributed by atoms with Crippen molar-refractivity contribution in [2.24, 2.45) is 0 Å². The second kappa shape index (κ2) is 14.7. The molecule has 0 saturated carbocycles. The van der Waals surface area contributed by atoms with Crippen LogP contribution in [0.5, 0.6) is 0 Å². The number of benzene rings is 11. The molecular formula is C63H41N. The van der Waals surface area contributed by atoms with Gasteiger partial charge in [-0.25, -0.2) is 0 Å². The van der Waals surface area contributed by atoms with Gasteiger partial charge in [0.2, 0.25) is 0 Å². The number of hydrogen-bond acceptors (Lipinski definition) is 1. The highest BCUT2D eigenvalue weighted by Crippen LogP contribution is 2.57. The van der Waals surface area contributed by atoms with Crippen LogP contribution in [0.2, 0.25) is 0 Å². The van der Waals surface area contributed by atoms with Gasteiger partial charge in [-0.3, -0.25) is 0 Å². The van der Waals surface area contributed by atoms with Gasteiger partial charge in [-0.15, -0.1) is 0 Å². The smallest absolute Gasteiger partial charge is 0.0540 e. The first-order chi connectivity index (χ1) is 31.8. The average Bonchev–Trinajstić information content (AvgIpc) is 3.88. The van der Waals surface area contributed by atoms with Crippen molar-refractivity contribution in [1.29, 1.82) is 0 Å². The third kappa shape index (κ3) is 5.44. The first-order valence-corrected chi connectivity index (χ1v) is 22.3. The fraction of sp³-hybridized carbons (Fsp3) is 0.0159. The predicted molar refractivity (Wildman–Crippen MR) is 273 cm³/mol. The second-order valence-corrected chi connectivity index (χ2v) is 17.0. The topological polar surface area (TPSA) is 3.24 Å². The number of hydrogen-bond donors (Lipinski definition) is 0. The number of fused-ring (bicyclic) bond motifs is 6. The molecule has 0 radical (unpaired) electrons. The van der Waals surface area contributed by atoms with Gasteiger partial charge in [-0.05, 0) is 129 Å². The Labute approximate surface area is 372 Å². The first kappa shape index (κ1) is 36.4. The van der Waals surface area contributed by atoms with E-state index in [0.29, 0.717) is 0 Å². The SMILES string of the molecule is c1ccc(-c2c3c4cccc5c(C(c6ccccc6)c6ccccc6)ccc(c3c(-c3ccccc3)c3c6ccc(N(c7ccccc7)c7ccccc7)c7cccc(c23)c76)c54)cc1. The van der Waals surface area contributed by atoms with Gasteiger partial charge in [0.1, 0.15) is 0 Å². The van der Waals surface area contributed by atoms with E-state index in [1.807, 2.05) is 0 Å². The van der Waals surface area contributed by atoms with E-state index in [1.165, 1.54) is 104 Å². The minimum atomic E-state index is 0.0765. The van der Waals surface area contributed by atoms with Gasteiger partial charge < -0.3 is 4.90 Å². The third-order valence-corrected chi connectivity index (χ3v) is 13.6. The lowest BCUT2D eigenvalue weighted by molar-refractivity contribution is 0.990. The largest absolute Gasteiger partial charge is 0.310 e. The maximum Gasteiger partial charge on any atom is 0.0540 e. The summed E-state index contributed by atoms with van der Waals surface area (Å²) < 4.78 is 0. The van der Waals surface area contributed by atoms with Crippen molar-refractivity contribution in [2.75, 3.05) is 4.90 Å². The molecule has 0 aliphatic heterocycles. The number of para-hydroxylation sites is 2. The van der Waals surface area contributed by atoms with Gasteiger partial charge in [-0.2, -0.15) is 0 Å². The summed E-state index contributed by atoms with van der Waals surface area (Å²) in [5.74, 6) is 0.0765. The molecule has 13 rings (SSSR count). The van der Waals surface area contributed by atoms with Crippen molar-refractivity contribution >= 4 is 81.7 Å². The maximum atomic E-state index is 2.44. The average molecular weight is 812 g/mol. The summed E-state index contributed by atoms with van der Waals surface area (Å²) in [5, 5.41) is 15.6. The molecule has 0 aliphatic rings. The normalized spacial score (nSPS) is 11.9. The fourth-order valence-corrected chi connectivity index (χ4v) is 11.1. The van der Waals surface area contributed by atoms with Crippen LogP contribution in [-0.4, -0.2) is 0 Å². The molecule has 13 aromatic carbocycles. The van der Waals surface area contributed by atoms with Gasteiger partial charge in [-0.1, -0.05) is 212 Å². The highest BCUT2D eigenvalue weighted by atomic mass is 15.1. The Morgan fingerprint density at radius 2 is 0.609 bits per heavy atom. The molecule has 64 heavy (non-hydrogen) atoms. The zero-order valence-electron chi connectivity index (χ0n) is 35.1. The van der Waals surface area contributed by atoms with Crippen LogP contribution in [0.3, 0.4) is 0 Å². The van der Waals surface area contributed by atoms with E-state index in [-0.39, 0.29) is 5.92 Å². The molecule has 0 spiro atoms. The van der Waals surface area contributed by atoms with Gasteiger partial charge >= 0.3 is 0 Å². The van der Waals surface area contributed by atoms with Crippen LogP contribution in [0.15, 0.2) is 243 Å². The van der Waals surface area contributed by atoms with Crippen LogP contribution < -0.4 is 4.90 Å². The minimum absolute atomic E-state index is 0.0765. The molecule has 0 N–H and O–H groups in total. The molecule has 1 nitrogen and oxygen atoms in total. The molecule has 0 fully saturated rings. The zero-order valence-corrected chi connectivity index (χ0v) is 35.1. The molecule has 0 unspecified atom stereocenters. The minimum Gasteiger partial charge on any atom is -0.310 e. The monoisotopic (exact) mass is 811 g/mol. The van der Waals surface area contributed by atoms with Gasteiger partial charge in [0.05, 0.1) is 5.69 Å². The molecular weight excluding hydrogens is 771 g/mol. The Bertz CT molecular complexity index is 3400. The van der Waals surface area contributed by atoms with Crippen LogP contribution in [-0.2, 0) is 0 Å². The van der Waals surface area contributed by atoms with Crippen molar-refractivity contribution in [1.82, 2.24) is 0 Å². The van der Waals surface area contributed by atoms with E-state index in [0.717, 1.165) is 17.1 Å². The van der Waals surface area contributed by atoms with Crippen molar-refractivity contribution < 1.29 is 0 Å². The Kier molecular flexibility index (Phi) is 8.35. The van der Waals surface area contributed by atoms with Crippen molar-refractivity contribution in [3.63, 3.8) is 0 Å². The number of nitrogens with zero attached hydrogens (tertiary/aromatic N) is 1. The molecule has 0 atom stereocenters. The maximum absolute atomic E-state index is 2.44. The van der Waals surface area contributed by atoms with Crippen LogP contribution in [0.4, 0.5) is 17.1 Å². The van der Waals surface area contributed by atoms with E-state index in [4.69, 9.17) is 0 Å². The second-order valence-electron chi connectivity index (χ2n) is 17.0. The first-order valence-electron chi connectivity index (χ1n) is 22.3. The van der Waals surface area contributed by atoms with Gasteiger partial charge in [0.25, 0.3) is 0 Å². The van der Waals surface area contributed by atoms with E-state index in [2.05, 4.69) is 248 Å². The van der Waals surface area contributed by atoms with Crippen LogP contribution in [0.1, 0.15) is 22.6 Å². The van der Waals surface area contributed by atoms with Crippen molar-refractivity contribution in [2.45, 2.75) is 5.92 Å². The fourth-order valence-electron chi connectivity index (χ4n) is 11.1. The van der Waals surface area contributed by atoms with Crippen LogP contribution in [0.25, 0.3) is 86.9 Å². The Hall–Kier alpha value is -8.26.